The van der Waals surface area contributed by atoms with Crippen LogP contribution in [0.15, 0.2) is 36.5 Å². The second-order valence-electron chi connectivity index (χ2n) is 3.42. The van der Waals surface area contributed by atoms with Gasteiger partial charge in [-0.2, -0.15) is 0 Å². The maximum Gasteiger partial charge on any atom is 0.267 e. The Morgan fingerprint density at radius 2 is 2.12 bits per heavy atom. The molecule has 0 unspecified atom stereocenters. The van der Waals surface area contributed by atoms with E-state index in [-0.39, 0.29) is 11.5 Å². The normalized spacial score (nSPS) is 10.2. The summed E-state index contributed by atoms with van der Waals surface area (Å²) in [5.74, 6) is -1.03. The van der Waals surface area contributed by atoms with Crippen molar-refractivity contribution < 1.29 is 9.18 Å². The maximum atomic E-state index is 13.1. The number of aromatic nitrogens is 1. The Morgan fingerprint density at radius 1 is 1.35 bits per heavy atom. The van der Waals surface area contributed by atoms with Gasteiger partial charge in [0.15, 0.2) is 0 Å². The van der Waals surface area contributed by atoms with Crippen LogP contribution in [0.3, 0.4) is 0 Å². The highest BCUT2D eigenvalue weighted by Gasteiger charge is 2.09. The molecule has 2 N–H and O–H groups in total. The summed E-state index contributed by atoms with van der Waals surface area (Å²) in [6.45, 7) is 0. The van der Waals surface area contributed by atoms with Crippen molar-refractivity contribution in [3.8, 4) is 11.1 Å². The molecule has 2 aromatic rings. The average molecular weight is 251 g/mol. The van der Waals surface area contributed by atoms with E-state index in [1.807, 2.05) is 0 Å². The lowest BCUT2D eigenvalue weighted by atomic mass is 10.1. The number of carbonyl (C=O) groups excluding carboxylic acids is 1. The van der Waals surface area contributed by atoms with Gasteiger partial charge < -0.3 is 5.73 Å². The van der Waals surface area contributed by atoms with Gasteiger partial charge in [-0.15, -0.1) is 0 Å². The number of nitrogens with two attached hydrogens (primary N) is 1. The van der Waals surface area contributed by atoms with Gasteiger partial charge in [0.05, 0.1) is 5.02 Å². The third-order valence-corrected chi connectivity index (χ3v) is 2.54. The fourth-order valence-electron chi connectivity index (χ4n) is 1.45. The molecule has 86 valence electrons. The molecule has 1 aromatic heterocycles. The monoisotopic (exact) mass is 250 g/mol. The van der Waals surface area contributed by atoms with E-state index >= 15 is 0 Å². The van der Waals surface area contributed by atoms with Crippen molar-refractivity contribution in [1.82, 2.24) is 4.98 Å². The molecule has 1 amide bonds. The second kappa shape index (κ2) is 4.51. The van der Waals surface area contributed by atoms with Crippen molar-refractivity contribution >= 4 is 17.5 Å². The van der Waals surface area contributed by atoms with Gasteiger partial charge in [0.2, 0.25) is 0 Å². The molecule has 0 spiro atoms. The average Bonchev–Trinajstić information content (AvgIpc) is 2.29. The zero-order chi connectivity index (χ0) is 12.4. The highest BCUT2D eigenvalue weighted by atomic mass is 35.5. The fraction of sp³-hybridized carbons (Fsp3) is 0. The van der Waals surface area contributed by atoms with E-state index in [1.165, 1.54) is 24.4 Å². The molecule has 1 aromatic carbocycles. The minimum absolute atomic E-state index is 0.0914. The van der Waals surface area contributed by atoms with Crippen molar-refractivity contribution in [3.05, 3.63) is 53.1 Å². The molecular formula is C12H8ClFN2O. The molecular weight excluding hydrogens is 243 g/mol. The van der Waals surface area contributed by atoms with Crippen LogP contribution in [0.5, 0.6) is 0 Å². The molecule has 5 heteroatoms. The number of hydrogen-bond acceptors (Lipinski definition) is 2. The van der Waals surface area contributed by atoms with Crippen molar-refractivity contribution in [2.75, 3.05) is 0 Å². The Hall–Kier alpha value is -1.94. The largest absolute Gasteiger partial charge is 0.364 e. The topological polar surface area (TPSA) is 56.0 Å². The zero-order valence-corrected chi connectivity index (χ0v) is 9.41. The van der Waals surface area contributed by atoms with E-state index in [9.17, 15) is 9.18 Å². The first kappa shape index (κ1) is 11.5. The smallest absolute Gasteiger partial charge is 0.267 e. The van der Waals surface area contributed by atoms with E-state index in [4.69, 9.17) is 17.3 Å². The van der Waals surface area contributed by atoms with Crippen LogP contribution in [0.2, 0.25) is 5.02 Å². The molecule has 1 heterocycles. The minimum Gasteiger partial charge on any atom is -0.364 e. The summed E-state index contributed by atoms with van der Waals surface area (Å²) < 4.78 is 13.1. The van der Waals surface area contributed by atoms with E-state index in [2.05, 4.69) is 4.98 Å². The van der Waals surface area contributed by atoms with Crippen LogP contribution < -0.4 is 5.73 Å². The van der Waals surface area contributed by atoms with Gasteiger partial charge in [-0.25, -0.2) is 9.37 Å². The van der Waals surface area contributed by atoms with Crippen LogP contribution >= 0.6 is 11.6 Å². The highest BCUT2D eigenvalue weighted by Crippen LogP contribution is 2.28. The number of benzene rings is 1. The molecule has 0 bridgehead atoms. The number of rotatable bonds is 2. The van der Waals surface area contributed by atoms with Gasteiger partial charge in [-0.1, -0.05) is 23.7 Å². The van der Waals surface area contributed by atoms with Gasteiger partial charge in [0.25, 0.3) is 5.91 Å². The van der Waals surface area contributed by atoms with E-state index in [1.54, 1.807) is 12.1 Å². The lowest BCUT2D eigenvalue weighted by molar-refractivity contribution is 0.0995. The Kier molecular flexibility index (Phi) is 3.06. The number of primary amides is 1. The van der Waals surface area contributed by atoms with E-state index in [0.717, 1.165) is 0 Å². The van der Waals surface area contributed by atoms with Crippen LogP contribution in [0.25, 0.3) is 11.1 Å². The summed E-state index contributed by atoms with van der Waals surface area (Å²) in [5.41, 5.74) is 6.31. The molecule has 0 fully saturated rings. The molecule has 0 radical (unpaired) electrons. The molecule has 17 heavy (non-hydrogen) atoms. The molecule has 0 atom stereocenters. The Morgan fingerprint density at radius 3 is 2.76 bits per heavy atom. The summed E-state index contributed by atoms with van der Waals surface area (Å²) in [7, 11) is 0. The first-order chi connectivity index (χ1) is 8.08. The Balaban J connectivity index is 2.58. The standard InChI is InChI=1S/C12H8ClFN2O/c13-10-6-16-11(12(15)17)5-9(10)7-2-1-3-8(14)4-7/h1-6H,(H2,15,17). The SMILES string of the molecule is NC(=O)c1cc(-c2cccc(F)c2)c(Cl)cn1. The van der Waals surface area contributed by atoms with Gasteiger partial charge in [0, 0.05) is 11.8 Å². The van der Waals surface area contributed by atoms with Crippen LogP contribution in [0, 0.1) is 5.82 Å². The first-order valence-electron chi connectivity index (χ1n) is 4.79. The first-order valence-corrected chi connectivity index (χ1v) is 5.17. The molecule has 0 aliphatic rings. The fourth-order valence-corrected chi connectivity index (χ4v) is 1.66. The number of amides is 1. The van der Waals surface area contributed by atoms with Crippen molar-refractivity contribution in [1.29, 1.82) is 0 Å². The summed E-state index contributed by atoms with van der Waals surface area (Å²) in [6, 6.07) is 7.35. The zero-order valence-electron chi connectivity index (χ0n) is 8.65. The van der Waals surface area contributed by atoms with Crippen LogP contribution in [0.4, 0.5) is 4.39 Å². The molecule has 3 nitrogen and oxygen atoms in total. The van der Waals surface area contributed by atoms with Crippen LogP contribution in [0.1, 0.15) is 10.5 Å². The second-order valence-corrected chi connectivity index (χ2v) is 3.83. The molecule has 0 saturated carbocycles. The van der Waals surface area contributed by atoms with Crippen molar-refractivity contribution in [2.24, 2.45) is 5.73 Å². The molecule has 0 aliphatic heterocycles. The maximum absolute atomic E-state index is 13.1. The van der Waals surface area contributed by atoms with E-state index in [0.29, 0.717) is 16.1 Å². The number of halogens is 2. The number of carbonyl (C=O) groups is 1. The van der Waals surface area contributed by atoms with Crippen molar-refractivity contribution in [2.45, 2.75) is 0 Å². The number of nitrogens with zero attached hydrogens (tertiary/aromatic N) is 1. The quantitative estimate of drug-likeness (QED) is 0.891. The predicted octanol–water partition coefficient (Wildman–Crippen LogP) is 2.64. The summed E-state index contributed by atoms with van der Waals surface area (Å²) in [4.78, 5) is 14.8. The van der Waals surface area contributed by atoms with Gasteiger partial charge in [0.1, 0.15) is 11.5 Å². The Labute approximate surface area is 102 Å². The van der Waals surface area contributed by atoms with Gasteiger partial charge >= 0.3 is 0 Å². The third kappa shape index (κ3) is 2.42. The van der Waals surface area contributed by atoms with E-state index < -0.39 is 5.91 Å². The van der Waals surface area contributed by atoms with Crippen LogP contribution in [-0.4, -0.2) is 10.9 Å². The lowest BCUT2D eigenvalue weighted by Gasteiger charge is -2.05. The lowest BCUT2D eigenvalue weighted by Crippen LogP contribution is -2.12. The van der Waals surface area contributed by atoms with Crippen LogP contribution in [-0.2, 0) is 0 Å². The molecule has 0 aliphatic carbocycles. The minimum atomic E-state index is -0.653. The highest BCUT2D eigenvalue weighted by molar-refractivity contribution is 6.33. The van der Waals surface area contributed by atoms with Gasteiger partial charge in [-0.05, 0) is 23.8 Å². The molecule has 0 saturated heterocycles. The van der Waals surface area contributed by atoms with Crippen molar-refractivity contribution in [3.63, 3.8) is 0 Å². The van der Waals surface area contributed by atoms with Gasteiger partial charge in [-0.3, -0.25) is 4.79 Å². The molecule has 2 rings (SSSR count). The third-order valence-electron chi connectivity index (χ3n) is 2.24. The number of pyridine rings is 1. The Bertz CT molecular complexity index is 586. The predicted molar refractivity (Wildman–Crippen MR) is 63.2 cm³/mol. The number of hydrogen-bond donors (Lipinski definition) is 1. The summed E-state index contributed by atoms with van der Waals surface area (Å²) >= 11 is 5.95. The summed E-state index contributed by atoms with van der Waals surface area (Å²) in [5, 5.41) is 0.334. The summed E-state index contributed by atoms with van der Waals surface area (Å²) in [6.07, 6.45) is 1.32.